The van der Waals surface area contributed by atoms with Crippen LogP contribution in [0.1, 0.15) is 0 Å². The smallest absolute Gasteiger partial charge is 0.269 e. The summed E-state index contributed by atoms with van der Waals surface area (Å²) in [6.45, 7) is 0. The Balaban J connectivity index is 1.95. The summed E-state index contributed by atoms with van der Waals surface area (Å²) < 4.78 is 0. The molecule has 0 spiro atoms. The van der Waals surface area contributed by atoms with Crippen molar-refractivity contribution in [3.63, 3.8) is 0 Å². The first-order valence-electron chi connectivity index (χ1n) is 7.70. The van der Waals surface area contributed by atoms with Gasteiger partial charge in [0.15, 0.2) is 5.43 Å². The van der Waals surface area contributed by atoms with Crippen LogP contribution in [-0.2, 0) is 0 Å². The minimum absolute atomic E-state index is 0.0272. The lowest BCUT2D eigenvalue weighted by atomic mass is 10.1. The van der Waals surface area contributed by atoms with E-state index in [4.69, 9.17) is 0 Å². The molecule has 0 aliphatic heterocycles. The number of benzene rings is 2. The lowest BCUT2D eigenvalue weighted by Crippen LogP contribution is -1.99. The molecule has 1 heterocycles. The normalized spacial score (nSPS) is 10.9. The van der Waals surface area contributed by atoms with E-state index >= 15 is 0 Å². The van der Waals surface area contributed by atoms with Gasteiger partial charge in [-0.15, -0.1) is 0 Å². The Hall–Kier alpha value is -3.60. The van der Waals surface area contributed by atoms with Crippen LogP contribution in [0.15, 0.2) is 77.7 Å². The Morgan fingerprint density at radius 2 is 1.60 bits per heavy atom. The van der Waals surface area contributed by atoms with Gasteiger partial charge in [-0.2, -0.15) is 0 Å². The Kier molecular flexibility index (Phi) is 3.47. The van der Waals surface area contributed by atoms with E-state index in [0.29, 0.717) is 16.3 Å². The zero-order chi connectivity index (χ0) is 17.4. The third-order valence-electron chi connectivity index (χ3n) is 4.20. The lowest BCUT2D eigenvalue weighted by molar-refractivity contribution is -0.384. The number of pyridine rings is 1. The van der Waals surface area contributed by atoms with Crippen LogP contribution in [0.3, 0.4) is 0 Å². The van der Waals surface area contributed by atoms with Crippen LogP contribution >= 0.6 is 0 Å². The summed E-state index contributed by atoms with van der Waals surface area (Å²) in [6, 6.07) is 19.1. The van der Waals surface area contributed by atoms with E-state index in [1.54, 1.807) is 30.5 Å². The second-order valence-electron chi connectivity index (χ2n) is 5.71. The first-order chi connectivity index (χ1) is 12.1. The van der Waals surface area contributed by atoms with Crippen molar-refractivity contribution in [2.75, 3.05) is 0 Å². The average Bonchev–Trinajstić information content (AvgIpc) is 2.79. The molecule has 0 unspecified atom stereocenters. The lowest BCUT2D eigenvalue weighted by Gasteiger charge is -2.02. The number of hydrogen-bond acceptors (Lipinski definition) is 4. The van der Waals surface area contributed by atoms with E-state index in [1.807, 2.05) is 30.3 Å². The first-order valence-corrected chi connectivity index (χ1v) is 7.70. The minimum atomic E-state index is -0.440. The maximum absolute atomic E-state index is 12.9. The molecule has 0 bridgehead atoms. The summed E-state index contributed by atoms with van der Waals surface area (Å²) in [5.74, 6) is 0. The molecule has 25 heavy (non-hydrogen) atoms. The molecule has 0 aliphatic rings. The van der Waals surface area contributed by atoms with Crippen LogP contribution in [0.5, 0.6) is 0 Å². The zero-order valence-electron chi connectivity index (χ0n) is 13.0. The number of fused-ring (bicyclic) bond motifs is 2. The van der Waals surface area contributed by atoms with Crippen molar-refractivity contribution in [3.8, 4) is 11.1 Å². The maximum atomic E-state index is 12.9. The van der Waals surface area contributed by atoms with Crippen molar-refractivity contribution in [2.45, 2.75) is 0 Å². The minimum Gasteiger partial charge on any atom is -0.289 e. The molecule has 4 aromatic rings. The van der Waals surface area contributed by atoms with E-state index < -0.39 is 4.92 Å². The second-order valence-corrected chi connectivity index (χ2v) is 5.71. The maximum Gasteiger partial charge on any atom is 0.269 e. The van der Waals surface area contributed by atoms with Gasteiger partial charge in [-0.1, -0.05) is 30.3 Å². The summed E-state index contributed by atoms with van der Waals surface area (Å²) in [5.41, 5.74) is 2.09. The largest absolute Gasteiger partial charge is 0.289 e. The Labute approximate surface area is 142 Å². The molecule has 0 saturated carbocycles. The number of aromatic nitrogens is 1. The number of hydrogen-bond donors (Lipinski definition) is 0. The predicted octanol–water partition coefficient (Wildman–Crippen LogP) is 4.32. The third kappa shape index (κ3) is 2.61. The molecule has 5 nitrogen and oxygen atoms in total. The van der Waals surface area contributed by atoms with E-state index in [0.717, 1.165) is 16.5 Å². The standard InChI is InChI=1S/C20H12N2O3/c23-20-17-4-2-1-3-14(17)7-10-19-18(20)11-15(12-21-19)13-5-8-16(9-6-13)22(24)25/h1-12H. The Morgan fingerprint density at radius 3 is 2.36 bits per heavy atom. The fourth-order valence-corrected chi connectivity index (χ4v) is 2.89. The quantitative estimate of drug-likeness (QED) is 0.406. The fourth-order valence-electron chi connectivity index (χ4n) is 2.89. The van der Waals surface area contributed by atoms with Crippen molar-refractivity contribution < 1.29 is 4.92 Å². The highest BCUT2D eigenvalue weighted by atomic mass is 16.6. The van der Waals surface area contributed by atoms with Gasteiger partial charge in [-0.3, -0.25) is 19.9 Å². The first kappa shape index (κ1) is 15.0. The number of nitrogens with zero attached hydrogens (tertiary/aromatic N) is 2. The molecule has 0 radical (unpaired) electrons. The molecular weight excluding hydrogens is 316 g/mol. The molecule has 0 aliphatic carbocycles. The van der Waals surface area contributed by atoms with E-state index in [1.165, 1.54) is 12.1 Å². The van der Waals surface area contributed by atoms with Gasteiger partial charge in [0, 0.05) is 34.7 Å². The van der Waals surface area contributed by atoms with Crippen molar-refractivity contribution >= 4 is 27.4 Å². The summed E-state index contributed by atoms with van der Waals surface area (Å²) in [5, 5.41) is 12.8. The average molecular weight is 328 g/mol. The molecule has 0 atom stereocenters. The monoisotopic (exact) mass is 328 g/mol. The van der Waals surface area contributed by atoms with Gasteiger partial charge in [0.1, 0.15) is 0 Å². The number of non-ortho nitro benzene ring substituents is 1. The number of nitro benzene ring substituents is 1. The summed E-state index contributed by atoms with van der Waals surface area (Å²) in [7, 11) is 0. The van der Waals surface area contributed by atoms with Gasteiger partial charge in [-0.25, -0.2) is 0 Å². The predicted molar refractivity (Wildman–Crippen MR) is 97.6 cm³/mol. The molecule has 1 aromatic heterocycles. The molecule has 5 heteroatoms. The van der Waals surface area contributed by atoms with Crippen molar-refractivity contribution in [1.82, 2.24) is 4.98 Å². The molecule has 0 amide bonds. The van der Waals surface area contributed by atoms with Gasteiger partial charge >= 0.3 is 0 Å². The van der Waals surface area contributed by atoms with Crippen LogP contribution in [0.2, 0.25) is 0 Å². The Bertz CT molecular complexity index is 1190. The van der Waals surface area contributed by atoms with E-state index in [9.17, 15) is 14.9 Å². The SMILES string of the molecule is O=c1c2ccccc2ccc2ncc(-c3ccc([N+](=O)[O-])cc3)cc12. The summed E-state index contributed by atoms with van der Waals surface area (Å²) in [4.78, 5) is 27.6. The molecule has 4 rings (SSSR count). The van der Waals surface area contributed by atoms with Crippen LogP contribution in [0.4, 0.5) is 5.69 Å². The molecule has 0 saturated heterocycles. The van der Waals surface area contributed by atoms with Crippen molar-refractivity contribution in [1.29, 1.82) is 0 Å². The molecule has 120 valence electrons. The van der Waals surface area contributed by atoms with Gasteiger partial charge in [0.2, 0.25) is 0 Å². The number of rotatable bonds is 2. The highest BCUT2D eigenvalue weighted by molar-refractivity contribution is 5.93. The van der Waals surface area contributed by atoms with Crippen LogP contribution < -0.4 is 5.43 Å². The van der Waals surface area contributed by atoms with Crippen molar-refractivity contribution in [2.24, 2.45) is 0 Å². The number of nitro groups is 1. The van der Waals surface area contributed by atoms with Crippen molar-refractivity contribution in [3.05, 3.63) is 93.3 Å². The molecule has 0 fully saturated rings. The van der Waals surface area contributed by atoms with Crippen LogP contribution in [-0.4, -0.2) is 9.91 Å². The van der Waals surface area contributed by atoms with E-state index in [-0.39, 0.29) is 11.1 Å². The van der Waals surface area contributed by atoms with Gasteiger partial charge in [0.05, 0.1) is 10.4 Å². The second kappa shape index (κ2) is 5.79. The summed E-state index contributed by atoms with van der Waals surface area (Å²) >= 11 is 0. The fraction of sp³-hybridized carbons (Fsp3) is 0. The Morgan fingerprint density at radius 1 is 0.840 bits per heavy atom. The molecule has 0 N–H and O–H groups in total. The molecular formula is C20H12N2O3. The topological polar surface area (TPSA) is 73.1 Å². The van der Waals surface area contributed by atoms with Crippen LogP contribution in [0.25, 0.3) is 32.8 Å². The van der Waals surface area contributed by atoms with E-state index in [2.05, 4.69) is 4.98 Å². The molecule has 3 aromatic carbocycles. The highest BCUT2D eigenvalue weighted by Gasteiger charge is 2.08. The van der Waals surface area contributed by atoms with Gasteiger partial charge < -0.3 is 0 Å². The van der Waals surface area contributed by atoms with Crippen LogP contribution in [0, 0.1) is 10.1 Å². The highest BCUT2D eigenvalue weighted by Crippen LogP contribution is 2.24. The third-order valence-corrected chi connectivity index (χ3v) is 4.20. The zero-order valence-corrected chi connectivity index (χ0v) is 13.0. The van der Waals surface area contributed by atoms with Gasteiger partial charge in [-0.05, 0) is 35.2 Å². The van der Waals surface area contributed by atoms with Gasteiger partial charge in [0.25, 0.3) is 5.69 Å². The summed E-state index contributed by atoms with van der Waals surface area (Å²) in [6.07, 6.45) is 1.67.